The molecule has 1 aromatic heterocycles. The van der Waals surface area contributed by atoms with Crippen molar-refractivity contribution in [3.05, 3.63) is 88.7 Å². The quantitative estimate of drug-likeness (QED) is 0.372. The molecule has 3 aliphatic rings. The van der Waals surface area contributed by atoms with Gasteiger partial charge in [0.05, 0.1) is 14.2 Å². The molecule has 11 nitrogen and oxygen atoms in total. The molecule has 0 radical (unpaired) electrons. The van der Waals surface area contributed by atoms with Crippen LogP contribution >= 0.6 is 0 Å². The Balaban J connectivity index is 1.49. The second-order valence-corrected chi connectivity index (χ2v) is 12.2. The first kappa shape index (κ1) is 30.2. The maximum absolute atomic E-state index is 14.3. The van der Waals surface area contributed by atoms with Gasteiger partial charge >= 0.3 is 12.0 Å². The predicted molar refractivity (Wildman–Crippen MR) is 166 cm³/mol. The van der Waals surface area contributed by atoms with Gasteiger partial charge in [-0.15, -0.1) is 0 Å². The van der Waals surface area contributed by atoms with Gasteiger partial charge in [-0.1, -0.05) is 30.3 Å². The molecule has 0 spiro atoms. The Labute approximate surface area is 262 Å². The van der Waals surface area contributed by atoms with Crippen molar-refractivity contribution in [2.24, 2.45) is 5.92 Å². The summed E-state index contributed by atoms with van der Waals surface area (Å²) in [4.78, 5) is 59.3. The molecule has 1 aliphatic carbocycles. The summed E-state index contributed by atoms with van der Waals surface area (Å²) >= 11 is 0. The van der Waals surface area contributed by atoms with E-state index in [1.807, 2.05) is 53.1 Å². The number of benzene rings is 2. The number of hydrogen-bond acceptors (Lipinski definition) is 6. The molecule has 2 aromatic carbocycles. The first-order valence-corrected chi connectivity index (χ1v) is 15.2. The highest BCUT2D eigenvalue weighted by molar-refractivity contribution is 6.00. The number of likely N-dealkylation sites (tertiary alicyclic amines) is 1. The molecular formula is C34H39N5O6. The van der Waals surface area contributed by atoms with Crippen molar-refractivity contribution in [3.63, 3.8) is 0 Å². The Morgan fingerprint density at radius 1 is 1.02 bits per heavy atom. The Hall–Kier alpha value is -4.80. The normalized spacial score (nSPS) is 21.7. The summed E-state index contributed by atoms with van der Waals surface area (Å²) in [6.45, 7) is 2.43. The maximum Gasteiger partial charge on any atom is 0.332 e. The van der Waals surface area contributed by atoms with Gasteiger partial charge in [0, 0.05) is 70.4 Å². The van der Waals surface area contributed by atoms with Crippen LogP contribution in [0.2, 0.25) is 0 Å². The number of hydrogen-bond donors (Lipinski definition) is 1. The fourth-order valence-corrected chi connectivity index (χ4v) is 7.46. The Morgan fingerprint density at radius 3 is 2.38 bits per heavy atom. The summed E-state index contributed by atoms with van der Waals surface area (Å²) < 4.78 is 12.9. The average molecular weight is 614 g/mol. The predicted octanol–water partition coefficient (Wildman–Crippen LogP) is 2.79. The number of nitrogens with one attached hydrogen (secondary N) is 1. The third kappa shape index (κ3) is 5.09. The third-order valence-electron chi connectivity index (χ3n) is 9.52. The van der Waals surface area contributed by atoms with Crippen molar-refractivity contribution in [3.8, 4) is 5.75 Å². The lowest BCUT2D eigenvalue weighted by molar-refractivity contribution is -0.153. The number of amides is 4. The van der Waals surface area contributed by atoms with Crippen molar-refractivity contribution < 1.29 is 28.7 Å². The smallest absolute Gasteiger partial charge is 0.332 e. The zero-order valence-electron chi connectivity index (χ0n) is 26.1. The van der Waals surface area contributed by atoms with Crippen LogP contribution in [0.4, 0.5) is 4.79 Å². The van der Waals surface area contributed by atoms with Gasteiger partial charge in [-0.2, -0.15) is 0 Å². The summed E-state index contributed by atoms with van der Waals surface area (Å²) in [6, 6.07) is 18.3. The second kappa shape index (κ2) is 11.9. The molecule has 3 heterocycles. The fraction of sp³-hybridized carbons (Fsp3) is 0.412. The van der Waals surface area contributed by atoms with Crippen LogP contribution in [0.25, 0.3) is 0 Å². The van der Waals surface area contributed by atoms with E-state index in [9.17, 15) is 19.2 Å². The number of nitrogens with zero attached hydrogens (tertiary/aromatic N) is 4. The monoisotopic (exact) mass is 613 g/mol. The molecule has 0 bridgehead atoms. The molecule has 45 heavy (non-hydrogen) atoms. The van der Waals surface area contributed by atoms with Gasteiger partial charge in [0.25, 0.3) is 11.8 Å². The Bertz CT molecular complexity index is 1620. The van der Waals surface area contributed by atoms with E-state index in [1.54, 1.807) is 43.1 Å². The number of carbonyl (C=O) groups excluding carboxylic acids is 4. The molecule has 11 heteroatoms. The van der Waals surface area contributed by atoms with E-state index < -0.39 is 17.4 Å². The van der Waals surface area contributed by atoms with E-state index in [-0.39, 0.29) is 30.2 Å². The highest BCUT2D eigenvalue weighted by atomic mass is 16.5. The number of ether oxygens (including phenoxy) is 2. The highest BCUT2D eigenvalue weighted by Crippen LogP contribution is 2.55. The molecule has 3 aromatic rings. The van der Waals surface area contributed by atoms with Crippen molar-refractivity contribution in [1.82, 2.24) is 24.6 Å². The van der Waals surface area contributed by atoms with E-state index in [4.69, 9.17) is 9.47 Å². The third-order valence-corrected chi connectivity index (χ3v) is 9.52. The highest BCUT2D eigenvalue weighted by Gasteiger charge is 2.64. The lowest BCUT2D eigenvalue weighted by atomic mass is 9.75. The van der Waals surface area contributed by atoms with Crippen molar-refractivity contribution in [2.45, 2.75) is 30.8 Å². The van der Waals surface area contributed by atoms with Crippen LogP contribution in [0.15, 0.2) is 60.7 Å². The number of urea groups is 1. The van der Waals surface area contributed by atoms with Gasteiger partial charge in [-0.3, -0.25) is 9.59 Å². The standard InChI is InChI=1S/C34H39N5O6/c1-36(2)31(41)28-19-26-27(38(28)17-16-37-15-14-35-33(37)43)18-24-21-39(30(40)23-8-6-5-7-9-23)34(29(24)26,32(42)45-4)20-22-10-12-25(44-3)13-11-22/h5-13,19,24,29H,14-18,20-21H2,1-4H3,(H,35,43)/t24-,29+,34+/m0/s1. The Morgan fingerprint density at radius 2 is 1.76 bits per heavy atom. The van der Waals surface area contributed by atoms with Gasteiger partial charge in [0.1, 0.15) is 11.4 Å². The minimum atomic E-state index is -1.37. The van der Waals surface area contributed by atoms with Crippen LogP contribution in [-0.4, -0.2) is 103 Å². The number of aromatic nitrogens is 1. The second-order valence-electron chi connectivity index (χ2n) is 12.2. The molecule has 4 amide bonds. The molecule has 236 valence electrons. The number of rotatable bonds is 9. The summed E-state index contributed by atoms with van der Waals surface area (Å²) in [7, 11) is 6.37. The average Bonchev–Trinajstić information content (AvgIpc) is 3.80. The number of fused-ring (bicyclic) bond motifs is 3. The van der Waals surface area contributed by atoms with Crippen LogP contribution in [-0.2, 0) is 28.9 Å². The number of methoxy groups -OCH3 is 2. The molecule has 0 unspecified atom stereocenters. The molecule has 1 N–H and O–H groups in total. The lowest BCUT2D eigenvalue weighted by Gasteiger charge is -2.40. The van der Waals surface area contributed by atoms with E-state index in [1.165, 1.54) is 12.0 Å². The zero-order chi connectivity index (χ0) is 31.9. The topological polar surface area (TPSA) is 113 Å². The number of esters is 1. The zero-order valence-corrected chi connectivity index (χ0v) is 26.1. The maximum atomic E-state index is 14.3. The summed E-state index contributed by atoms with van der Waals surface area (Å²) in [5.74, 6) is -0.712. The van der Waals surface area contributed by atoms with E-state index >= 15 is 0 Å². The minimum Gasteiger partial charge on any atom is -0.497 e. The van der Waals surface area contributed by atoms with Gasteiger partial charge in [0.2, 0.25) is 0 Å². The van der Waals surface area contributed by atoms with Crippen molar-refractivity contribution in [1.29, 1.82) is 0 Å². The van der Waals surface area contributed by atoms with Crippen LogP contribution < -0.4 is 10.1 Å². The van der Waals surface area contributed by atoms with Crippen LogP contribution in [0, 0.1) is 5.92 Å². The molecule has 0 saturated carbocycles. The van der Waals surface area contributed by atoms with E-state index in [2.05, 4.69) is 5.32 Å². The largest absolute Gasteiger partial charge is 0.497 e. The van der Waals surface area contributed by atoms with E-state index in [0.29, 0.717) is 56.2 Å². The minimum absolute atomic E-state index is 0.0788. The summed E-state index contributed by atoms with van der Waals surface area (Å²) in [6.07, 6.45) is 0.797. The number of carbonyl (C=O) groups is 4. The first-order valence-electron chi connectivity index (χ1n) is 15.2. The fourth-order valence-electron chi connectivity index (χ4n) is 7.46. The first-order chi connectivity index (χ1) is 21.7. The van der Waals surface area contributed by atoms with Crippen LogP contribution in [0.1, 0.15) is 43.6 Å². The van der Waals surface area contributed by atoms with Crippen LogP contribution in [0.5, 0.6) is 5.75 Å². The Kier molecular flexibility index (Phi) is 8.03. The van der Waals surface area contributed by atoms with Crippen molar-refractivity contribution in [2.75, 3.05) is 54.5 Å². The lowest BCUT2D eigenvalue weighted by Crippen LogP contribution is -2.58. The molecule has 2 fully saturated rings. The molecule has 2 saturated heterocycles. The van der Waals surface area contributed by atoms with Crippen LogP contribution in [0.3, 0.4) is 0 Å². The molecule has 6 rings (SSSR count). The van der Waals surface area contributed by atoms with E-state index in [0.717, 1.165) is 16.8 Å². The van der Waals surface area contributed by atoms with Gasteiger partial charge in [-0.05, 0) is 53.8 Å². The van der Waals surface area contributed by atoms with Gasteiger partial charge in [-0.25, -0.2) is 9.59 Å². The summed E-state index contributed by atoms with van der Waals surface area (Å²) in [5.41, 5.74) is 2.31. The molecular weight excluding hydrogens is 574 g/mol. The molecule has 3 atom stereocenters. The van der Waals surface area contributed by atoms with Crippen molar-refractivity contribution >= 4 is 23.8 Å². The SMILES string of the molecule is COC(=O)[C@@]1(Cc2ccc(OC)cc2)[C@H]2c3cc(C(=O)N(C)C)n(CCN4CCNC4=O)c3C[C@H]2CN1C(=O)c1ccccc1. The van der Waals surface area contributed by atoms with Gasteiger partial charge in [0.15, 0.2) is 5.54 Å². The molecule has 2 aliphatic heterocycles. The summed E-state index contributed by atoms with van der Waals surface area (Å²) in [5, 5.41) is 2.83. The van der Waals surface area contributed by atoms with Gasteiger partial charge < -0.3 is 34.1 Å².